The highest BCUT2D eigenvalue weighted by atomic mass is 16.4. The van der Waals surface area contributed by atoms with Gasteiger partial charge in [0, 0.05) is 6.54 Å². The lowest BCUT2D eigenvalue weighted by Crippen LogP contribution is -2.50. The molecule has 118 valence electrons. The number of rotatable bonds is 10. The number of nitrogens with one attached hydrogen (secondary N) is 1. The van der Waals surface area contributed by atoms with E-state index in [-0.39, 0.29) is 11.7 Å². The van der Waals surface area contributed by atoms with E-state index in [2.05, 4.69) is 15.4 Å². The fourth-order valence-electron chi connectivity index (χ4n) is 2.44. The quantitative estimate of drug-likeness (QED) is 0.186. The molecule has 6 nitrogen and oxygen atoms in total. The summed E-state index contributed by atoms with van der Waals surface area (Å²) in [4.78, 5) is 14.6. The van der Waals surface area contributed by atoms with Gasteiger partial charge in [0.25, 0.3) is 0 Å². The highest BCUT2D eigenvalue weighted by Gasteiger charge is 2.41. The van der Waals surface area contributed by atoms with E-state index in [0.717, 1.165) is 25.8 Å². The summed E-state index contributed by atoms with van der Waals surface area (Å²) < 4.78 is 0. The molecular weight excluding hydrogens is 256 g/mol. The topological polar surface area (TPSA) is 91.0 Å². The van der Waals surface area contributed by atoms with Crippen molar-refractivity contribution in [3.05, 3.63) is 0 Å². The van der Waals surface area contributed by atoms with Crippen LogP contribution < -0.4 is 11.1 Å². The van der Waals surface area contributed by atoms with Gasteiger partial charge in [0.05, 0.1) is 0 Å². The summed E-state index contributed by atoms with van der Waals surface area (Å²) in [5.41, 5.74) is 4.93. The number of carbonyl (C=O) groups excluding carboxylic acids is 1. The molecule has 0 aromatic heterocycles. The summed E-state index contributed by atoms with van der Waals surface area (Å²) in [6, 6.07) is 0. The van der Waals surface area contributed by atoms with E-state index in [0.29, 0.717) is 19.4 Å². The van der Waals surface area contributed by atoms with Gasteiger partial charge in [-0.25, -0.2) is 0 Å². The molecule has 0 bridgehead atoms. The van der Waals surface area contributed by atoms with Crippen LogP contribution in [-0.4, -0.2) is 49.0 Å². The largest absolute Gasteiger partial charge is 0.409 e. The molecule has 1 amide bonds. The average molecular weight is 286 g/mol. The third-order valence-electron chi connectivity index (χ3n) is 3.45. The minimum atomic E-state index is -0.879. The van der Waals surface area contributed by atoms with Crippen LogP contribution in [0, 0.1) is 5.41 Å². The highest BCUT2D eigenvalue weighted by molar-refractivity contribution is 6.06. The number of amidine groups is 1. The molecule has 20 heavy (non-hydrogen) atoms. The molecule has 0 unspecified atom stereocenters. The Hall–Kier alpha value is -1.30. The maximum absolute atomic E-state index is 12.5. The Morgan fingerprint density at radius 1 is 1.30 bits per heavy atom. The fourth-order valence-corrected chi connectivity index (χ4v) is 2.44. The first-order valence-electron chi connectivity index (χ1n) is 7.35. The fraction of sp³-hybridized carbons (Fsp3) is 0.857. The molecule has 0 aromatic rings. The van der Waals surface area contributed by atoms with Crippen LogP contribution in [-0.2, 0) is 4.79 Å². The summed E-state index contributed by atoms with van der Waals surface area (Å²) in [6.07, 6.45) is 3.68. The van der Waals surface area contributed by atoms with Crippen LogP contribution in [0.15, 0.2) is 5.16 Å². The molecule has 0 radical (unpaired) electrons. The Labute approximate surface area is 122 Å². The van der Waals surface area contributed by atoms with Gasteiger partial charge in [0.1, 0.15) is 5.41 Å². The minimum absolute atomic E-state index is 0.0197. The van der Waals surface area contributed by atoms with Crippen LogP contribution in [0.25, 0.3) is 0 Å². The number of nitrogens with two attached hydrogens (primary N) is 1. The number of carbonyl (C=O) groups is 1. The first kappa shape index (κ1) is 18.7. The average Bonchev–Trinajstić information content (AvgIpc) is 2.41. The Balaban J connectivity index is 4.78. The van der Waals surface area contributed by atoms with Crippen LogP contribution in [0.2, 0.25) is 0 Å². The van der Waals surface area contributed by atoms with Crippen LogP contribution in [0.5, 0.6) is 0 Å². The van der Waals surface area contributed by atoms with E-state index in [9.17, 15) is 4.79 Å². The van der Waals surface area contributed by atoms with Crippen LogP contribution in [0.4, 0.5) is 0 Å². The standard InChI is InChI=1S/C14H30N4O2/c1-5-8-14(9-6-2,12(15)17-20)13(19)16-10-7-11-18(3)4/h20H,5-11H2,1-4H3,(H2,15,17)(H,16,19). The molecular formula is C14H30N4O2. The van der Waals surface area contributed by atoms with Gasteiger partial charge in [-0.2, -0.15) is 0 Å². The van der Waals surface area contributed by atoms with Crippen molar-refractivity contribution >= 4 is 11.7 Å². The van der Waals surface area contributed by atoms with Crippen molar-refractivity contribution in [2.45, 2.75) is 46.0 Å². The Morgan fingerprint density at radius 2 is 1.85 bits per heavy atom. The number of hydrogen-bond donors (Lipinski definition) is 3. The zero-order valence-corrected chi connectivity index (χ0v) is 13.3. The van der Waals surface area contributed by atoms with Gasteiger partial charge in [-0.3, -0.25) is 4.79 Å². The predicted octanol–water partition coefficient (Wildman–Crippen LogP) is 1.39. The summed E-state index contributed by atoms with van der Waals surface area (Å²) in [6.45, 7) is 5.51. The van der Waals surface area contributed by atoms with Crippen molar-refractivity contribution in [2.24, 2.45) is 16.3 Å². The number of amides is 1. The lowest BCUT2D eigenvalue weighted by atomic mass is 9.77. The van der Waals surface area contributed by atoms with Gasteiger partial charge in [0.15, 0.2) is 5.84 Å². The van der Waals surface area contributed by atoms with Gasteiger partial charge in [0.2, 0.25) is 5.91 Å². The molecule has 0 aliphatic heterocycles. The Kier molecular flexibility index (Phi) is 8.96. The molecule has 0 saturated heterocycles. The van der Waals surface area contributed by atoms with Gasteiger partial charge >= 0.3 is 0 Å². The number of oxime groups is 1. The SMILES string of the molecule is CCCC(CCC)(C(=O)NCCCN(C)C)C(N)=NO. The first-order chi connectivity index (χ1) is 9.44. The zero-order chi connectivity index (χ0) is 15.6. The molecule has 6 heteroatoms. The monoisotopic (exact) mass is 286 g/mol. The van der Waals surface area contributed by atoms with Crippen LogP contribution >= 0.6 is 0 Å². The summed E-state index contributed by atoms with van der Waals surface area (Å²) >= 11 is 0. The molecule has 0 heterocycles. The molecule has 0 aromatic carbocycles. The molecule has 4 N–H and O–H groups in total. The second-order valence-corrected chi connectivity index (χ2v) is 5.48. The van der Waals surface area contributed by atoms with Gasteiger partial charge in [-0.15, -0.1) is 0 Å². The predicted molar refractivity (Wildman–Crippen MR) is 81.8 cm³/mol. The zero-order valence-electron chi connectivity index (χ0n) is 13.3. The Bertz CT molecular complexity index is 310. The number of nitrogens with zero attached hydrogens (tertiary/aromatic N) is 2. The van der Waals surface area contributed by atoms with E-state index >= 15 is 0 Å². The lowest BCUT2D eigenvalue weighted by molar-refractivity contribution is -0.128. The first-order valence-corrected chi connectivity index (χ1v) is 7.35. The molecule has 0 aliphatic rings. The highest BCUT2D eigenvalue weighted by Crippen LogP contribution is 2.30. The second kappa shape index (κ2) is 9.58. The van der Waals surface area contributed by atoms with Crippen LogP contribution in [0.1, 0.15) is 46.0 Å². The van der Waals surface area contributed by atoms with Crippen molar-refractivity contribution in [1.29, 1.82) is 0 Å². The van der Waals surface area contributed by atoms with E-state index < -0.39 is 5.41 Å². The molecule has 0 aliphatic carbocycles. The van der Waals surface area contributed by atoms with Crippen LogP contribution in [0.3, 0.4) is 0 Å². The van der Waals surface area contributed by atoms with Crippen molar-refractivity contribution in [1.82, 2.24) is 10.2 Å². The minimum Gasteiger partial charge on any atom is -0.409 e. The smallest absolute Gasteiger partial charge is 0.233 e. The molecule has 0 fully saturated rings. The van der Waals surface area contributed by atoms with E-state index in [4.69, 9.17) is 10.9 Å². The molecule has 0 atom stereocenters. The van der Waals surface area contributed by atoms with Gasteiger partial charge in [-0.05, 0) is 39.9 Å². The normalized spacial score (nSPS) is 12.8. The third kappa shape index (κ3) is 5.36. The summed E-state index contributed by atoms with van der Waals surface area (Å²) in [7, 11) is 3.99. The number of hydrogen-bond acceptors (Lipinski definition) is 4. The van der Waals surface area contributed by atoms with Crippen molar-refractivity contribution in [2.75, 3.05) is 27.2 Å². The molecule has 0 spiro atoms. The van der Waals surface area contributed by atoms with E-state index in [1.807, 2.05) is 27.9 Å². The van der Waals surface area contributed by atoms with Crippen molar-refractivity contribution in [3.8, 4) is 0 Å². The van der Waals surface area contributed by atoms with Crippen molar-refractivity contribution in [3.63, 3.8) is 0 Å². The van der Waals surface area contributed by atoms with E-state index in [1.165, 1.54) is 0 Å². The molecule has 0 saturated carbocycles. The molecule has 0 rings (SSSR count). The third-order valence-corrected chi connectivity index (χ3v) is 3.45. The van der Waals surface area contributed by atoms with Gasteiger partial charge < -0.3 is 21.2 Å². The Morgan fingerprint density at radius 3 is 2.25 bits per heavy atom. The summed E-state index contributed by atoms with van der Waals surface area (Å²) in [5.74, 6) is -0.110. The summed E-state index contributed by atoms with van der Waals surface area (Å²) in [5, 5.41) is 15.0. The lowest BCUT2D eigenvalue weighted by Gasteiger charge is -2.30. The maximum atomic E-state index is 12.5. The second-order valence-electron chi connectivity index (χ2n) is 5.48. The maximum Gasteiger partial charge on any atom is 0.233 e. The van der Waals surface area contributed by atoms with Gasteiger partial charge in [-0.1, -0.05) is 31.8 Å². The van der Waals surface area contributed by atoms with Crippen molar-refractivity contribution < 1.29 is 10.0 Å². The van der Waals surface area contributed by atoms with E-state index in [1.54, 1.807) is 0 Å².